The summed E-state index contributed by atoms with van der Waals surface area (Å²) in [6, 6.07) is 6.96. The van der Waals surface area contributed by atoms with Gasteiger partial charge in [0.15, 0.2) is 0 Å². The van der Waals surface area contributed by atoms with Gasteiger partial charge in [0.05, 0.1) is 6.04 Å². The van der Waals surface area contributed by atoms with Crippen LogP contribution in [0.3, 0.4) is 0 Å². The number of aryl methyl sites for hydroxylation is 2. The SMILES string of the molecule is Cc1cc2cc(C(C)NC(C)CCCO)oc2cc1C. The Kier molecular flexibility index (Phi) is 4.84. The van der Waals surface area contributed by atoms with Crippen LogP contribution in [0.4, 0.5) is 0 Å². The van der Waals surface area contributed by atoms with Crippen molar-refractivity contribution < 1.29 is 9.52 Å². The lowest BCUT2D eigenvalue weighted by atomic mass is 10.1. The van der Waals surface area contributed by atoms with Gasteiger partial charge in [0.25, 0.3) is 0 Å². The van der Waals surface area contributed by atoms with Crippen molar-refractivity contribution in [1.82, 2.24) is 5.32 Å². The van der Waals surface area contributed by atoms with Crippen LogP contribution >= 0.6 is 0 Å². The van der Waals surface area contributed by atoms with Gasteiger partial charge in [-0.25, -0.2) is 0 Å². The summed E-state index contributed by atoms with van der Waals surface area (Å²) >= 11 is 0. The van der Waals surface area contributed by atoms with Crippen LogP contribution in [0.5, 0.6) is 0 Å². The van der Waals surface area contributed by atoms with Gasteiger partial charge < -0.3 is 14.8 Å². The van der Waals surface area contributed by atoms with Crippen molar-refractivity contribution in [1.29, 1.82) is 0 Å². The van der Waals surface area contributed by atoms with E-state index in [9.17, 15) is 0 Å². The van der Waals surface area contributed by atoms with Crippen LogP contribution in [-0.2, 0) is 0 Å². The van der Waals surface area contributed by atoms with Crippen LogP contribution in [-0.4, -0.2) is 17.8 Å². The summed E-state index contributed by atoms with van der Waals surface area (Å²) in [5.74, 6) is 0.973. The Morgan fingerprint density at radius 1 is 1.15 bits per heavy atom. The van der Waals surface area contributed by atoms with E-state index in [0.29, 0.717) is 6.04 Å². The molecule has 0 bridgehead atoms. The zero-order valence-electron chi connectivity index (χ0n) is 12.9. The van der Waals surface area contributed by atoms with E-state index in [-0.39, 0.29) is 12.6 Å². The second kappa shape index (κ2) is 6.42. The molecule has 2 atom stereocenters. The van der Waals surface area contributed by atoms with Crippen molar-refractivity contribution in [3.63, 3.8) is 0 Å². The third-order valence-electron chi connectivity index (χ3n) is 3.91. The molecule has 1 heterocycles. The molecule has 2 N–H and O–H groups in total. The first-order chi connectivity index (χ1) is 9.51. The quantitative estimate of drug-likeness (QED) is 0.841. The van der Waals surface area contributed by atoms with Gasteiger partial charge in [0.2, 0.25) is 0 Å². The fourth-order valence-electron chi connectivity index (χ4n) is 2.53. The Hall–Kier alpha value is -1.32. The number of hydrogen-bond acceptors (Lipinski definition) is 3. The predicted molar refractivity (Wildman–Crippen MR) is 83.0 cm³/mol. The third kappa shape index (κ3) is 3.41. The molecule has 2 rings (SSSR count). The van der Waals surface area contributed by atoms with E-state index in [4.69, 9.17) is 9.52 Å². The first-order valence-electron chi connectivity index (χ1n) is 7.39. The molecular formula is C17H25NO2. The lowest BCUT2D eigenvalue weighted by Crippen LogP contribution is -2.28. The Labute approximate surface area is 121 Å². The molecule has 0 saturated heterocycles. The molecule has 0 aliphatic heterocycles. The fraction of sp³-hybridized carbons (Fsp3) is 0.529. The van der Waals surface area contributed by atoms with E-state index in [1.807, 2.05) is 0 Å². The van der Waals surface area contributed by atoms with E-state index in [1.165, 1.54) is 16.5 Å². The molecule has 110 valence electrons. The molecule has 0 aliphatic rings. The fourth-order valence-corrected chi connectivity index (χ4v) is 2.53. The Balaban J connectivity index is 2.12. The number of rotatable bonds is 6. The monoisotopic (exact) mass is 275 g/mol. The van der Waals surface area contributed by atoms with Gasteiger partial charge in [0.1, 0.15) is 11.3 Å². The number of fused-ring (bicyclic) bond motifs is 1. The Morgan fingerprint density at radius 3 is 2.55 bits per heavy atom. The van der Waals surface area contributed by atoms with Crippen molar-refractivity contribution in [3.05, 3.63) is 35.1 Å². The number of benzene rings is 1. The molecule has 1 aromatic heterocycles. The number of nitrogens with one attached hydrogen (secondary N) is 1. The second-order valence-corrected chi connectivity index (χ2v) is 5.78. The number of furan rings is 1. The van der Waals surface area contributed by atoms with Crippen LogP contribution < -0.4 is 5.32 Å². The van der Waals surface area contributed by atoms with Crippen molar-refractivity contribution in [2.24, 2.45) is 0 Å². The predicted octanol–water partition coefficient (Wildman–Crippen LogP) is 3.86. The summed E-state index contributed by atoms with van der Waals surface area (Å²) in [6.07, 6.45) is 1.80. The second-order valence-electron chi connectivity index (χ2n) is 5.78. The van der Waals surface area contributed by atoms with E-state index in [2.05, 4.69) is 51.2 Å². The van der Waals surface area contributed by atoms with Gasteiger partial charge in [-0.1, -0.05) is 0 Å². The van der Waals surface area contributed by atoms with Crippen LogP contribution in [0.25, 0.3) is 11.0 Å². The van der Waals surface area contributed by atoms with E-state index < -0.39 is 0 Å². The van der Waals surface area contributed by atoms with Gasteiger partial charge in [0, 0.05) is 18.0 Å². The number of aliphatic hydroxyl groups is 1. The summed E-state index contributed by atoms with van der Waals surface area (Å²) in [5.41, 5.74) is 3.51. The van der Waals surface area contributed by atoms with Gasteiger partial charge in [-0.05, 0) is 69.9 Å². The maximum atomic E-state index is 8.87. The minimum Gasteiger partial charge on any atom is -0.459 e. The van der Waals surface area contributed by atoms with Crippen molar-refractivity contribution in [2.75, 3.05) is 6.61 Å². The van der Waals surface area contributed by atoms with Gasteiger partial charge in [-0.3, -0.25) is 0 Å². The maximum absolute atomic E-state index is 8.87. The summed E-state index contributed by atoms with van der Waals surface area (Å²) in [7, 11) is 0. The number of hydrogen-bond donors (Lipinski definition) is 2. The molecule has 3 heteroatoms. The van der Waals surface area contributed by atoms with E-state index in [1.54, 1.807) is 0 Å². The first kappa shape index (κ1) is 15.1. The molecule has 0 aliphatic carbocycles. The highest BCUT2D eigenvalue weighted by molar-refractivity contribution is 5.79. The summed E-state index contributed by atoms with van der Waals surface area (Å²) in [6.45, 7) is 8.75. The average Bonchev–Trinajstić information content (AvgIpc) is 2.80. The largest absolute Gasteiger partial charge is 0.459 e. The molecule has 0 saturated carbocycles. The summed E-state index contributed by atoms with van der Waals surface area (Å²) in [4.78, 5) is 0. The van der Waals surface area contributed by atoms with Gasteiger partial charge in [-0.15, -0.1) is 0 Å². The lowest BCUT2D eigenvalue weighted by molar-refractivity contribution is 0.273. The van der Waals surface area contributed by atoms with Crippen LogP contribution in [0.1, 0.15) is 49.6 Å². The smallest absolute Gasteiger partial charge is 0.134 e. The van der Waals surface area contributed by atoms with Gasteiger partial charge >= 0.3 is 0 Å². The molecule has 0 radical (unpaired) electrons. The molecule has 0 fully saturated rings. The average molecular weight is 275 g/mol. The standard InChI is InChI=1S/C17H25NO2/c1-11-8-15-10-16(20-17(15)9-12(11)2)14(4)18-13(3)6-5-7-19/h8-10,13-14,18-19H,5-7H2,1-4H3. The van der Waals surface area contributed by atoms with E-state index >= 15 is 0 Å². The Bertz CT molecular complexity index is 535. The highest BCUT2D eigenvalue weighted by atomic mass is 16.3. The molecule has 2 aromatic rings. The summed E-state index contributed by atoms with van der Waals surface area (Å²) < 4.78 is 5.96. The zero-order chi connectivity index (χ0) is 14.7. The van der Waals surface area contributed by atoms with Crippen LogP contribution in [0.2, 0.25) is 0 Å². The van der Waals surface area contributed by atoms with E-state index in [0.717, 1.165) is 24.2 Å². The molecule has 0 spiro atoms. The topological polar surface area (TPSA) is 45.4 Å². The molecular weight excluding hydrogens is 250 g/mol. The van der Waals surface area contributed by atoms with Crippen molar-refractivity contribution >= 4 is 11.0 Å². The van der Waals surface area contributed by atoms with Crippen LogP contribution in [0, 0.1) is 13.8 Å². The molecule has 0 amide bonds. The lowest BCUT2D eigenvalue weighted by Gasteiger charge is -2.17. The minimum absolute atomic E-state index is 0.178. The first-order valence-corrected chi connectivity index (χ1v) is 7.39. The third-order valence-corrected chi connectivity index (χ3v) is 3.91. The van der Waals surface area contributed by atoms with Crippen LogP contribution in [0.15, 0.2) is 22.6 Å². The summed E-state index contributed by atoms with van der Waals surface area (Å²) in [5, 5.41) is 13.5. The number of aliphatic hydroxyl groups excluding tert-OH is 1. The molecule has 20 heavy (non-hydrogen) atoms. The molecule has 1 aromatic carbocycles. The molecule has 2 unspecified atom stereocenters. The zero-order valence-corrected chi connectivity index (χ0v) is 12.9. The molecule has 3 nitrogen and oxygen atoms in total. The highest BCUT2D eigenvalue weighted by Crippen LogP contribution is 2.26. The Morgan fingerprint density at radius 2 is 1.85 bits per heavy atom. The van der Waals surface area contributed by atoms with Crippen molar-refractivity contribution in [3.8, 4) is 0 Å². The van der Waals surface area contributed by atoms with Gasteiger partial charge in [-0.2, -0.15) is 0 Å². The van der Waals surface area contributed by atoms with Crippen molar-refractivity contribution in [2.45, 2.75) is 52.6 Å². The minimum atomic E-state index is 0.178. The normalized spacial score (nSPS) is 14.7. The highest BCUT2D eigenvalue weighted by Gasteiger charge is 2.14. The maximum Gasteiger partial charge on any atom is 0.134 e.